The Bertz CT molecular complexity index is 575. The van der Waals surface area contributed by atoms with Gasteiger partial charge < -0.3 is 5.73 Å². The summed E-state index contributed by atoms with van der Waals surface area (Å²) < 4.78 is 40.2. The number of hydrogen-bond acceptors (Lipinski definition) is 3. The first-order valence-electron chi connectivity index (χ1n) is 6.90. The second-order valence-corrected chi connectivity index (χ2v) is 7.18. The van der Waals surface area contributed by atoms with Gasteiger partial charge in [-0.2, -0.15) is 0 Å². The third kappa shape index (κ3) is 3.37. The topological polar surface area (TPSA) is 72.2 Å². The lowest BCUT2D eigenvalue weighted by atomic mass is 9.97. The van der Waals surface area contributed by atoms with Gasteiger partial charge in [-0.1, -0.05) is 6.42 Å². The molecule has 2 unspecified atom stereocenters. The van der Waals surface area contributed by atoms with Gasteiger partial charge in [0.1, 0.15) is 5.82 Å². The summed E-state index contributed by atoms with van der Waals surface area (Å²) in [6.45, 7) is 2.60. The maximum Gasteiger partial charge on any atom is 0.240 e. The molecule has 3 N–H and O–H groups in total. The zero-order chi connectivity index (χ0) is 14.8. The molecule has 0 spiro atoms. The van der Waals surface area contributed by atoms with Gasteiger partial charge in [0.25, 0.3) is 0 Å². The molecule has 0 aromatic heterocycles. The number of benzene rings is 1. The Morgan fingerprint density at radius 2 is 2.05 bits per heavy atom. The molecular weight excluding hydrogens is 279 g/mol. The summed E-state index contributed by atoms with van der Waals surface area (Å²) in [6, 6.07) is 3.70. The molecule has 112 valence electrons. The Labute approximate surface area is 119 Å². The highest BCUT2D eigenvalue weighted by molar-refractivity contribution is 7.89. The molecule has 1 aromatic carbocycles. The van der Waals surface area contributed by atoms with Crippen LogP contribution < -0.4 is 10.5 Å². The van der Waals surface area contributed by atoms with Crippen LogP contribution >= 0.6 is 0 Å². The van der Waals surface area contributed by atoms with Gasteiger partial charge in [-0.15, -0.1) is 0 Å². The van der Waals surface area contributed by atoms with Gasteiger partial charge in [-0.3, -0.25) is 0 Å². The van der Waals surface area contributed by atoms with E-state index in [2.05, 4.69) is 4.72 Å². The number of nitrogens with one attached hydrogen (secondary N) is 1. The maximum absolute atomic E-state index is 13.0. The van der Waals surface area contributed by atoms with Crippen LogP contribution in [-0.2, 0) is 10.0 Å². The minimum absolute atomic E-state index is 0.140. The molecule has 0 saturated heterocycles. The number of nitrogens with two attached hydrogens (primary N) is 1. The molecule has 20 heavy (non-hydrogen) atoms. The summed E-state index contributed by atoms with van der Waals surface area (Å²) in [5.74, 6) is 0.267. The van der Waals surface area contributed by atoms with Crippen molar-refractivity contribution in [1.82, 2.24) is 4.72 Å². The molecule has 1 aliphatic carbocycles. The van der Waals surface area contributed by atoms with Gasteiger partial charge in [0, 0.05) is 6.54 Å². The molecule has 1 saturated carbocycles. The van der Waals surface area contributed by atoms with Crippen LogP contribution in [0.15, 0.2) is 23.1 Å². The van der Waals surface area contributed by atoms with E-state index in [4.69, 9.17) is 5.73 Å². The zero-order valence-corrected chi connectivity index (χ0v) is 12.4. The van der Waals surface area contributed by atoms with Crippen molar-refractivity contribution >= 4 is 10.0 Å². The third-order valence-electron chi connectivity index (χ3n) is 4.08. The number of aryl methyl sites for hydroxylation is 1. The predicted molar refractivity (Wildman–Crippen MR) is 76.2 cm³/mol. The van der Waals surface area contributed by atoms with Gasteiger partial charge in [-0.25, -0.2) is 17.5 Å². The average Bonchev–Trinajstić information content (AvgIpc) is 2.83. The van der Waals surface area contributed by atoms with Crippen LogP contribution in [0.1, 0.15) is 24.8 Å². The maximum atomic E-state index is 13.0. The van der Waals surface area contributed by atoms with Crippen LogP contribution in [0, 0.1) is 24.6 Å². The molecule has 2 rings (SSSR count). The van der Waals surface area contributed by atoms with Gasteiger partial charge in [-0.05, 0) is 61.9 Å². The Morgan fingerprint density at radius 3 is 2.70 bits per heavy atom. The lowest BCUT2D eigenvalue weighted by molar-refractivity contribution is 0.393. The second kappa shape index (κ2) is 6.20. The van der Waals surface area contributed by atoms with E-state index in [-0.39, 0.29) is 4.90 Å². The number of hydrogen-bond donors (Lipinski definition) is 2. The fraction of sp³-hybridized carbons (Fsp3) is 0.571. The molecule has 1 fully saturated rings. The van der Waals surface area contributed by atoms with E-state index in [1.807, 2.05) is 0 Å². The van der Waals surface area contributed by atoms with Crippen LogP contribution in [0.5, 0.6) is 0 Å². The first kappa shape index (κ1) is 15.4. The molecule has 2 atom stereocenters. The Hall–Kier alpha value is -0.980. The van der Waals surface area contributed by atoms with Crippen molar-refractivity contribution < 1.29 is 12.8 Å². The van der Waals surface area contributed by atoms with Crippen LogP contribution in [0.25, 0.3) is 0 Å². The molecule has 1 aliphatic rings. The largest absolute Gasteiger partial charge is 0.330 e. The molecule has 1 aromatic rings. The molecule has 0 bridgehead atoms. The molecule has 4 nitrogen and oxygen atoms in total. The van der Waals surface area contributed by atoms with Gasteiger partial charge in [0.15, 0.2) is 0 Å². The van der Waals surface area contributed by atoms with E-state index in [1.165, 1.54) is 18.2 Å². The van der Waals surface area contributed by atoms with Gasteiger partial charge >= 0.3 is 0 Å². The van der Waals surface area contributed by atoms with Crippen molar-refractivity contribution in [2.24, 2.45) is 17.6 Å². The highest BCUT2D eigenvalue weighted by Gasteiger charge is 2.27. The molecule has 0 heterocycles. The minimum atomic E-state index is -3.58. The number of sulfonamides is 1. The molecular formula is C14H21FN2O2S. The normalized spacial score (nSPS) is 23.1. The van der Waals surface area contributed by atoms with E-state index in [0.717, 1.165) is 19.3 Å². The molecule has 0 radical (unpaired) electrons. The highest BCUT2D eigenvalue weighted by atomic mass is 32.2. The summed E-state index contributed by atoms with van der Waals surface area (Å²) >= 11 is 0. The highest BCUT2D eigenvalue weighted by Crippen LogP contribution is 2.30. The van der Waals surface area contributed by atoms with Crippen LogP contribution in [0.4, 0.5) is 4.39 Å². The Morgan fingerprint density at radius 1 is 1.35 bits per heavy atom. The SMILES string of the molecule is Cc1cc(F)ccc1S(=O)(=O)NCC1CCCC1CN. The smallest absolute Gasteiger partial charge is 0.240 e. The van der Waals surface area contributed by atoms with Crippen LogP contribution in [0.2, 0.25) is 0 Å². The van der Waals surface area contributed by atoms with Gasteiger partial charge in [0.2, 0.25) is 10.0 Å². The van der Waals surface area contributed by atoms with Crippen molar-refractivity contribution in [1.29, 1.82) is 0 Å². The summed E-state index contributed by atoms with van der Waals surface area (Å²) in [7, 11) is -3.58. The first-order chi connectivity index (χ1) is 9.44. The standard InChI is InChI=1S/C14H21FN2O2S/c1-10-7-13(15)5-6-14(10)20(18,19)17-9-12-4-2-3-11(12)8-16/h5-7,11-12,17H,2-4,8-9,16H2,1H3. The molecule has 6 heteroatoms. The van der Waals surface area contributed by atoms with Crippen LogP contribution in [0.3, 0.4) is 0 Å². The van der Waals surface area contributed by atoms with Gasteiger partial charge in [0.05, 0.1) is 4.90 Å². The average molecular weight is 300 g/mol. The monoisotopic (exact) mass is 300 g/mol. The quantitative estimate of drug-likeness (QED) is 0.871. The van der Waals surface area contributed by atoms with Crippen molar-refractivity contribution in [3.63, 3.8) is 0 Å². The summed E-state index contributed by atoms with van der Waals surface area (Å²) in [6.07, 6.45) is 3.18. The Kier molecular flexibility index (Phi) is 4.78. The lowest BCUT2D eigenvalue weighted by Crippen LogP contribution is -2.33. The second-order valence-electron chi connectivity index (χ2n) is 5.45. The fourth-order valence-corrected chi connectivity index (χ4v) is 4.22. The van der Waals surface area contributed by atoms with Crippen molar-refractivity contribution in [3.8, 4) is 0 Å². The first-order valence-corrected chi connectivity index (χ1v) is 8.38. The summed E-state index contributed by atoms with van der Waals surface area (Å²) in [4.78, 5) is 0.140. The molecule has 0 aliphatic heterocycles. The van der Waals surface area contributed by atoms with E-state index >= 15 is 0 Å². The zero-order valence-electron chi connectivity index (χ0n) is 11.6. The van der Waals surface area contributed by atoms with E-state index in [9.17, 15) is 12.8 Å². The van der Waals surface area contributed by atoms with Crippen molar-refractivity contribution in [3.05, 3.63) is 29.6 Å². The minimum Gasteiger partial charge on any atom is -0.330 e. The van der Waals surface area contributed by atoms with Crippen molar-refractivity contribution in [2.75, 3.05) is 13.1 Å². The van der Waals surface area contributed by atoms with E-state index in [0.29, 0.717) is 30.5 Å². The number of rotatable bonds is 5. The van der Waals surface area contributed by atoms with E-state index < -0.39 is 15.8 Å². The Balaban J connectivity index is 2.07. The van der Waals surface area contributed by atoms with E-state index in [1.54, 1.807) is 6.92 Å². The molecule has 0 amide bonds. The third-order valence-corrected chi connectivity index (χ3v) is 5.67. The lowest BCUT2D eigenvalue weighted by Gasteiger charge is -2.18. The number of halogens is 1. The fourth-order valence-electron chi connectivity index (χ4n) is 2.90. The summed E-state index contributed by atoms with van der Waals surface area (Å²) in [5, 5.41) is 0. The van der Waals surface area contributed by atoms with Crippen LogP contribution in [-0.4, -0.2) is 21.5 Å². The van der Waals surface area contributed by atoms with Crippen molar-refractivity contribution in [2.45, 2.75) is 31.1 Å². The summed E-state index contributed by atoms with van der Waals surface area (Å²) in [5.41, 5.74) is 6.11. The predicted octanol–water partition coefficient (Wildman–Crippen LogP) is 1.79.